The van der Waals surface area contributed by atoms with E-state index in [9.17, 15) is 4.79 Å². The van der Waals surface area contributed by atoms with Crippen molar-refractivity contribution < 1.29 is 14.6 Å². The number of halogens is 1. The Morgan fingerprint density at radius 2 is 2.22 bits per heavy atom. The van der Waals surface area contributed by atoms with Crippen molar-refractivity contribution in [2.45, 2.75) is 4.90 Å². The van der Waals surface area contributed by atoms with Crippen LogP contribution < -0.4 is 0 Å². The molecule has 0 bridgehead atoms. The third-order valence-electron chi connectivity index (χ3n) is 2.40. The summed E-state index contributed by atoms with van der Waals surface area (Å²) in [6.07, 6.45) is 0. The molecule has 0 saturated heterocycles. The second kappa shape index (κ2) is 7.78. The molecule has 0 atom stereocenters. The molecule has 0 heterocycles. The van der Waals surface area contributed by atoms with Crippen LogP contribution in [0.2, 0.25) is 0 Å². The summed E-state index contributed by atoms with van der Waals surface area (Å²) in [5.74, 6) is -0.149. The molecule has 0 aromatic heterocycles. The molecule has 0 aliphatic heterocycles. The van der Waals surface area contributed by atoms with E-state index in [1.165, 1.54) is 0 Å². The summed E-state index contributed by atoms with van der Waals surface area (Å²) >= 11 is 7.56. The van der Waals surface area contributed by atoms with Crippen molar-refractivity contribution in [1.29, 1.82) is 0 Å². The highest BCUT2D eigenvalue weighted by atomic mass is 79.9. The van der Waals surface area contributed by atoms with E-state index in [4.69, 9.17) is 9.84 Å². The molecule has 1 aromatic rings. The highest BCUT2D eigenvalue weighted by Gasteiger charge is 2.17. The van der Waals surface area contributed by atoms with Gasteiger partial charge in [-0.2, -0.15) is 0 Å². The van der Waals surface area contributed by atoms with Gasteiger partial charge in [-0.05, 0) is 34.1 Å². The third-order valence-corrected chi connectivity index (χ3v) is 3.37. The number of benzene rings is 1. The Balaban J connectivity index is 2.90. The van der Waals surface area contributed by atoms with Crippen LogP contribution in [0.15, 0.2) is 27.6 Å². The fourth-order valence-corrected chi connectivity index (χ4v) is 2.10. The predicted molar refractivity (Wildman–Crippen MR) is 76.3 cm³/mol. The SMILES string of the molecule is COCCN(CCO)C(=O)c1cc(S)ccc1Br. The van der Waals surface area contributed by atoms with Crippen molar-refractivity contribution in [1.82, 2.24) is 4.90 Å². The van der Waals surface area contributed by atoms with Crippen LogP contribution in [0, 0.1) is 0 Å². The van der Waals surface area contributed by atoms with Crippen LogP contribution in [0.3, 0.4) is 0 Å². The average Bonchev–Trinajstić information content (AvgIpc) is 2.36. The Labute approximate surface area is 120 Å². The van der Waals surface area contributed by atoms with E-state index in [-0.39, 0.29) is 19.1 Å². The third kappa shape index (κ3) is 4.28. The van der Waals surface area contributed by atoms with Gasteiger partial charge in [0.2, 0.25) is 0 Å². The van der Waals surface area contributed by atoms with E-state index in [2.05, 4.69) is 28.6 Å². The van der Waals surface area contributed by atoms with E-state index >= 15 is 0 Å². The van der Waals surface area contributed by atoms with Crippen LogP contribution in [-0.2, 0) is 4.74 Å². The summed E-state index contributed by atoms with van der Waals surface area (Å²) in [5, 5.41) is 8.99. The Hall–Kier alpha value is -0.560. The molecule has 100 valence electrons. The predicted octanol–water partition coefficient (Wildman–Crippen LogP) is 1.82. The number of hydrogen-bond acceptors (Lipinski definition) is 4. The van der Waals surface area contributed by atoms with Crippen LogP contribution in [0.5, 0.6) is 0 Å². The molecule has 0 saturated carbocycles. The lowest BCUT2D eigenvalue weighted by atomic mass is 10.2. The van der Waals surface area contributed by atoms with Crippen molar-refractivity contribution in [2.24, 2.45) is 0 Å². The average molecular weight is 334 g/mol. The Morgan fingerprint density at radius 1 is 1.50 bits per heavy atom. The summed E-state index contributed by atoms with van der Waals surface area (Å²) < 4.78 is 5.67. The van der Waals surface area contributed by atoms with Crippen LogP contribution in [-0.4, -0.2) is 49.3 Å². The van der Waals surface area contributed by atoms with Gasteiger partial charge in [0.05, 0.1) is 18.8 Å². The number of aliphatic hydroxyl groups is 1. The fourth-order valence-electron chi connectivity index (χ4n) is 1.48. The van der Waals surface area contributed by atoms with Crippen molar-refractivity contribution in [3.05, 3.63) is 28.2 Å². The standard InChI is InChI=1S/C12H16BrNO3S/c1-17-7-5-14(4-6-15)12(16)10-8-9(18)2-3-11(10)13/h2-3,8,15,18H,4-7H2,1H3. The molecule has 1 amide bonds. The molecule has 0 aliphatic rings. The van der Waals surface area contributed by atoms with E-state index in [1.54, 1.807) is 30.2 Å². The monoisotopic (exact) mass is 333 g/mol. The van der Waals surface area contributed by atoms with Gasteiger partial charge < -0.3 is 14.7 Å². The van der Waals surface area contributed by atoms with Gasteiger partial charge in [-0.25, -0.2) is 0 Å². The van der Waals surface area contributed by atoms with Gasteiger partial charge in [0, 0.05) is 29.6 Å². The zero-order valence-electron chi connectivity index (χ0n) is 10.1. The molecule has 0 aliphatic carbocycles. The van der Waals surface area contributed by atoms with Gasteiger partial charge in [0.1, 0.15) is 0 Å². The second-order valence-corrected chi connectivity index (χ2v) is 5.04. The first-order valence-corrected chi connectivity index (χ1v) is 6.71. The zero-order chi connectivity index (χ0) is 13.5. The summed E-state index contributed by atoms with van der Waals surface area (Å²) in [6.45, 7) is 1.09. The number of hydrogen-bond donors (Lipinski definition) is 2. The lowest BCUT2D eigenvalue weighted by Gasteiger charge is -2.22. The second-order valence-electron chi connectivity index (χ2n) is 3.67. The van der Waals surface area contributed by atoms with Gasteiger partial charge in [-0.3, -0.25) is 4.79 Å². The van der Waals surface area contributed by atoms with Crippen LogP contribution in [0.1, 0.15) is 10.4 Å². The molecular formula is C12H16BrNO3S. The van der Waals surface area contributed by atoms with Crippen molar-refractivity contribution >= 4 is 34.5 Å². The van der Waals surface area contributed by atoms with E-state index in [1.807, 2.05) is 0 Å². The lowest BCUT2D eigenvalue weighted by molar-refractivity contribution is 0.0655. The highest BCUT2D eigenvalue weighted by molar-refractivity contribution is 9.10. The normalized spacial score (nSPS) is 10.4. The number of thiol groups is 1. The number of aliphatic hydroxyl groups excluding tert-OH is 1. The van der Waals surface area contributed by atoms with E-state index < -0.39 is 0 Å². The largest absolute Gasteiger partial charge is 0.395 e. The van der Waals surface area contributed by atoms with E-state index in [0.717, 1.165) is 4.90 Å². The van der Waals surface area contributed by atoms with Crippen LogP contribution in [0.25, 0.3) is 0 Å². The number of amides is 1. The Kier molecular flexibility index (Phi) is 6.70. The first-order valence-electron chi connectivity index (χ1n) is 5.47. The topological polar surface area (TPSA) is 49.8 Å². The Bertz CT molecular complexity index is 414. The quantitative estimate of drug-likeness (QED) is 0.781. The number of nitrogens with zero attached hydrogens (tertiary/aromatic N) is 1. The summed E-state index contributed by atoms with van der Waals surface area (Å²) in [4.78, 5) is 14.6. The summed E-state index contributed by atoms with van der Waals surface area (Å²) in [5.41, 5.74) is 0.534. The maximum atomic E-state index is 12.3. The van der Waals surface area contributed by atoms with Gasteiger partial charge in [-0.1, -0.05) is 0 Å². The molecule has 0 radical (unpaired) electrons. The number of methoxy groups -OCH3 is 1. The van der Waals surface area contributed by atoms with Gasteiger partial charge in [0.25, 0.3) is 5.91 Å². The van der Waals surface area contributed by atoms with Crippen LogP contribution in [0.4, 0.5) is 0 Å². The molecule has 0 unspecified atom stereocenters. The van der Waals surface area contributed by atoms with Gasteiger partial charge in [-0.15, -0.1) is 12.6 Å². The molecule has 1 aromatic carbocycles. The fraction of sp³-hybridized carbons (Fsp3) is 0.417. The first-order chi connectivity index (χ1) is 8.60. The number of carbonyl (C=O) groups excluding carboxylic acids is 1. The summed E-state index contributed by atoms with van der Waals surface area (Å²) in [6, 6.07) is 5.28. The smallest absolute Gasteiger partial charge is 0.255 e. The van der Waals surface area contributed by atoms with Gasteiger partial charge in [0.15, 0.2) is 0 Å². The molecule has 4 nitrogen and oxygen atoms in total. The lowest BCUT2D eigenvalue weighted by Crippen LogP contribution is -2.36. The minimum absolute atomic E-state index is 0.0758. The van der Waals surface area contributed by atoms with E-state index in [0.29, 0.717) is 23.2 Å². The number of rotatable bonds is 6. The highest BCUT2D eigenvalue weighted by Crippen LogP contribution is 2.21. The molecule has 0 spiro atoms. The van der Waals surface area contributed by atoms with Crippen molar-refractivity contribution in [3.63, 3.8) is 0 Å². The first kappa shape index (κ1) is 15.5. The number of carbonyl (C=O) groups is 1. The van der Waals surface area contributed by atoms with Crippen molar-refractivity contribution in [3.8, 4) is 0 Å². The molecule has 6 heteroatoms. The maximum Gasteiger partial charge on any atom is 0.255 e. The number of ether oxygens (including phenoxy) is 1. The molecule has 1 rings (SSSR count). The van der Waals surface area contributed by atoms with Gasteiger partial charge >= 0.3 is 0 Å². The Morgan fingerprint density at radius 3 is 2.83 bits per heavy atom. The molecule has 18 heavy (non-hydrogen) atoms. The van der Waals surface area contributed by atoms with Crippen molar-refractivity contribution in [2.75, 3.05) is 33.4 Å². The molecule has 1 N–H and O–H groups in total. The summed E-state index contributed by atoms with van der Waals surface area (Å²) in [7, 11) is 1.58. The minimum atomic E-state index is -0.149. The molecule has 0 fully saturated rings. The minimum Gasteiger partial charge on any atom is -0.395 e. The molecular weight excluding hydrogens is 318 g/mol. The van der Waals surface area contributed by atoms with Crippen LogP contribution >= 0.6 is 28.6 Å². The zero-order valence-corrected chi connectivity index (χ0v) is 12.6. The maximum absolute atomic E-state index is 12.3.